The van der Waals surface area contributed by atoms with Crippen LogP contribution in [0.4, 0.5) is 14.5 Å². The molecule has 1 unspecified atom stereocenters. The van der Waals surface area contributed by atoms with E-state index in [1.165, 1.54) is 6.07 Å². The monoisotopic (exact) mass is 372 g/mol. The van der Waals surface area contributed by atoms with Gasteiger partial charge in [-0.05, 0) is 29.7 Å². The number of rotatable bonds is 5. The first-order valence-electron chi connectivity index (χ1n) is 8.84. The molecular weight excluding hydrogens is 350 g/mol. The Balaban J connectivity index is 1.54. The second-order valence-electron chi connectivity index (χ2n) is 6.38. The quantitative estimate of drug-likeness (QED) is 0.559. The molecule has 0 fully saturated rings. The van der Waals surface area contributed by atoms with Gasteiger partial charge in [-0.25, -0.2) is 8.78 Å². The van der Waals surface area contributed by atoms with Crippen molar-refractivity contribution in [2.75, 3.05) is 25.5 Å². The normalized spacial score (nSPS) is 16.5. The van der Waals surface area contributed by atoms with Crippen LogP contribution in [0.5, 0.6) is 0 Å². The van der Waals surface area contributed by atoms with Crippen molar-refractivity contribution in [2.24, 2.45) is 4.99 Å². The van der Waals surface area contributed by atoms with Crippen LogP contribution in [0.25, 0.3) is 0 Å². The fourth-order valence-corrected chi connectivity index (χ4v) is 3.18. The van der Waals surface area contributed by atoms with Gasteiger partial charge in [-0.3, -0.25) is 9.79 Å². The lowest BCUT2D eigenvalue weighted by Gasteiger charge is -2.26. The summed E-state index contributed by atoms with van der Waals surface area (Å²) in [7, 11) is 1.64. The first-order valence-corrected chi connectivity index (χ1v) is 8.84. The van der Waals surface area contributed by atoms with Crippen molar-refractivity contribution < 1.29 is 13.6 Å². The second kappa shape index (κ2) is 8.62. The van der Waals surface area contributed by atoms with Crippen molar-refractivity contribution in [1.82, 2.24) is 10.6 Å². The Morgan fingerprint density at radius 3 is 2.81 bits per heavy atom. The van der Waals surface area contributed by atoms with Crippen molar-refractivity contribution >= 4 is 17.6 Å². The highest BCUT2D eigenvalue weighted by Crippen LogP contribution is 2.31. The number of amides is 1. The molecule has 1 aliphatic heterocycles. The van der Waals surface area contributed by atoms with E-state index in [0.29, 0.717) is 37.5 Å². The molecule has 1 amide bonds. The molecule has 5 nitrogen and oxygen atoms in total. The number of benzene rings is 2. The van der Waals surface area contributed by atoms with Crippen LogP contribution in [-0.2, 0) is 11.2 Å². The van der Waals surface area contributed by atoms with Gasteiger partial charge < -0.3 is 16.0 Å². The number of hydrogen-bond acceptors (Lipinski definition) is 2. The van der Waals surface area contributed by atoms with Crippen LogP contribution in [0.2, 0.25) is 0 Å². The smallest absolute Gasteiger partial charge is 0.225 e. The number of para-hydroxylation sites is 1. The fraction of sp³-hybridized carbons (Fsp3) is 0.300. The maximum atomic E-state index is 13.7. The Bertz CT molecular complexity index is 854. The highest BCUT2D eigenvalue weighted by atomic mass is 19.2. The summed E-state index contributed by atoms with van der Waals surface area (Å²) in [6.45, 7) is 0.945. The minimum atomic E-state index is -0.843. The first-order chi connectivity index (χ1) is 13.1. The summed E-state index contributed by atoms with van der Waals surface area (Å²) < 4.78 is 26.9. The number of carbonyl (C=O) groups excluding carboxylic acids is 1. The van der Waals surface area contributed by atoms with Crippen LogP contribution < -0.4 is 16.0 Å². The van der Waals surface area contributed by atoms with Crippen LogP contribution in [-0.4, -0.2) is 32.0 Å². The zero-order valence-corrected chi connectivity index (χ0v) is 15.1. The summed E-state index contributed by atoms with van der Waals surface area (Å²) in [5.41, 5.74) is 2.24. The lowest BCUT2D eigenvalue weighted by Crippen LogP contribution is -2.41. The van der Waals surface area contributed by atoms with Gasteiger partial charge in [-0.1, -0.05) is 30.3 Å². The van der Waals surface area contributed by atoms with E-state index in [2.05, 4.69) is 20.9 Å². The molecule has 0 bridgehead atoms. The molecule has 0 saturated heterocycles. The third-order valence-corrected chi connectivity index (χ3v) is 4.56. The Morgan fingerprint density at radius 1 is 1.19 bits per heavy atom. The highest BCUT2D eigenvalue weighted by molar-refractivity contribution is 5.94. The lowest BCUT2D eigenvalue weighted by atomic mass is 9.90. The number of guanidine groups is 1. The Kier molecular flexibility index (Phi) is 6.01. The van der Waals surface area contributed by atoms with Crippen LogP contribution in [0.1, 0.15) is 23.5 Å². The van der Waals surface area contributed by atoms with E-state index in [9.17, 15) is 13.6 Å². The second-order valence-corrected chi connectivity index (χ2v) is 6.38. The van der Waals surface area contributed by atoms with Gasteiger partial charge in [0.2, 0.25) is 5.91 Å². The molecule has 142 valence electrons. The van der Waals surface area contributed by atoms with Crippen LogP contribution in [0.15, 0.2) is 47.5 Å². The van der Waals surface area contributed by atoms with Gasteiger partial charge in [0.1, 0.15) is 0 Å². The Hall–Kier alpha value is -2.96. The SMILES string of the molecule is CN=C(NCCc1cccc(F)c1F)NCC1CC(=O)Nc2ccccc21. The molecule has 2 aromatic rings. The molecule has 0 saturated carbocycles. The third kappa shape index (κ3) is 4.61. The standard InChI is InChI=1S/C20H22F2N4O/c1-23-20(24-10-9-13-5-4-7-16(21)19(13)22)25-12-14-11-18(27)26-17-8-3-2-6-15(14)17/h2-8,14H,9-12H2,1H3,(H,26,27)(H2,23,24,25). The van der Waals surface area contributed by atoms with Crippen molar-refractivity contribution in [3.8, 4) is 0 Å². The Morgan fingerprint density at radius 2 is 2.00 bits per heavy atom. The van der Waals surface area contributed by atoms with Crippen molar-refractivity contribution in [1.29, 1.82) is 0 Å². The van der Waals surface area contributed by atoms with Gasteiger partial charge in [0.15, 0.2) is 17.6 Å². The number of fused-ring (bicyclic) bond motifs is 1. The molecule has 0 aliphatic carbocycles. The van der Waals surface area contributed by atoms with E-state index in [1.54, 1.807) is 13.1 Å². The molecule has 0 aromatic heterocycles. The fourth-order valence-electron chi connectivity index (χ4n) is 3.18. The van der Waals surface area contributed by atoms with Gasteiger partial charge in [-0.15, -0.1) is 0 Å². The summed E-state index contributed by atoms with van der Waals surface area (Å²) in [5, 5.41) is 9.17. The number of aliphatic imine (C=N–C) groups is 1. The molecule has 0 radical (unpaired) electrons. The number of carbonyl (C=O) groups is 1. The van der Waals surface area contributed by atoms with Crippen molar-refractivity contribution in [3.05, 3.63) is 65.2 Å². The summed E-state index contributed by atoms with van der Waals surface area (Å²) in [6.07, 6.45) is 0.731. The molecule has 3 N–H and O–H groups in total. The van der Waals surface area contributed by atoms with Gasteiger partial charge in [-0.2, -0.15) is 0 Å². The van der Waals surface area contributed by atoms with Crippen LogP contribution in [0.3, 0.4) is 0 Å². The summed E-state index contributed by atoms with van der Waals surface area (Å²) >= 11 is 0. The number of halogens is 2. The largest absolute Gasteiger partial charge is 0.356 e. The number of nitrogens with one attached hydrogen (secondary N) is 3. The van der Waals surface area contributed by atoms with E-state index in [1.807, 2.05) is 24.3 Å². The minimum Gasteiger partial charge on any atom is -0.356 e. The van der Waals surface area contributed by atoms with Crippen molar-refractivity contribution in [2.45, 2.75) is 18.8 Å². The third-order valence-electron chi connectivity index (χ3n) is 4.56. The van der Waals surface area contributed by atoms with Gasteiger partial charge in [0, 0.05) is 38.2 Å². The molecule has 1 heterocycles. The molecule has 2 aromatic carbocycles. The predicted octanol–water partition coefficient (Wildman–Crippen LogP) is 2.80. The lowest BCUT2D eigenvalue weighted by molar-refractivity contribution is -0.116. The first kappa shape index (κ1) is 18.8. The molecule has 27 heavy (non-hydrogen) atoms. The average molecular weight is 372 g/mol. The summed E-state index contributed by atoms with van der Waals surface area (Å²) in [4.78, 5) is 16.0. The maximum absolute atomic E-state index is 13.7. The summed E-state index contributed by atoms with van der Waals surface area (Å²) in [6, 6.07) is 11.9. The van der Waals surface area contributed by atoms with E-state index in [0.717, 1.165) is 17.3 Å². The molecular formula is C20H22F2N4O. The molecule has 1 atom stereocenters. The maximum Gasteiger partial charge on any atom is 0.225 e. The highest BCUT2D eigenvalue weighted by Gasteiger charge is 2.24. The number of hydrogen-bond donors (Lipinski definition) is 3. The zero-order chi connectivity index (χ0) is 19.2. The average Bonchev–Trinajstić information content (AvgIpc) is 2.67. The van der Waals surface area contributed by atoms with Gasteiger partial charge >= 0.3 is 0 Å². The van der Waals surface area contributed by atoms with Crippen LogP contribution >= 0.6 is 0 Å². The van der Waals surface area contributed by atoms with E-state index < -0.39 is 11.6 Å². The van der Waals surface area contributed by atoms with Crippen molar-refractivity contribution in [3.63, 3.8) is 0 Å². The summed E-state index contributed by atoms with van der Waals surface area (Å²) in [5.74, 6) is -1.08. The minimum absolute atomic E-state index is 0.00924. The van der Waals surface area contributed by atoms with E-state index >= 15 is 0 Å². The molecule has 7 heteroatoms. The van der Waals surface area contributed by atoms with E-state index in [-0.39, 0.29) is 11.8 Å². The molecule has 0 spiro atoms. The molecule has 3 rings (SSSR count). The van der Waals surface area contributed by atoms with E-state index in [4.69, 9.17) is 0 Å². The zero-order valence-electron chi connectivity index (χ0n) is 15.1. The predicted molar refractivity (Wildman–Crippen MR) is 102 cm³/mol. The number of anilines is 1. The Labute approximate surface area is 156 Å². The van der Waals surface area contributed by atoms with Gasteiger partial charge in [0.05, 0.1) is 0 Å². The number of nitrogens with zero attached hydrogens (tertiary/aromatic N) is 1. The van der Waals surface area contributed by atoms with Gasteiger partial charge in [0.25, 0.3) is 0 Å². The molecule has 1 aliphatic rings. The van der Waals surface area contributed by atoms with Crippen LogP contribution in [0, 0.1) is 11.6 Å². The topological polar surface area (TPSA) is 65.5 Å².